The van der Waals surface area contributed by atoms with Gasteiger partial charge in [-0.1, -0.05) is 56.3 Å². The van der Waals surface area contributed by atoms with Crippen LogP contribution in [0.15, 0.2) is 54.6 Å². The Bertz CT molecular complexity index is 854. The molecule has 1 atom stereocenters. The monoisotopic (exact) mass is 539 g/mol. The molecule has 0 aliphatic carbocycles. The van der Waals surface area contributed by atoms with E-state index in [0.717, 1.165) is 11.1 Å². The van der Waals surface area contributed by atoms with Crippen LogP contribution in [0.3, 0.4) is 0 Å². The summed E-state index contributed by atoms with van der Waals surface area (Å²) in [4.78, 5) is 36.2. The molecule has 166 valence electrons. The number of benzene rings is 2. The van der Waals surface area contributed by atoms with E-state index in [1.807, 2.05) is 66.8 Å². The fraction of sp³-hybridized carbons (Fsp3) is 0.348. The fourth-order valence-corrected chi connectivity index (χ4v) is 2.97. The Morgan fingerprint density at radius 3 is 2.19 bits per heavy atom. The number of hydrogen-bond acceptors (Lipinski definition) is 6. The highest BCUT2D eigenvalue weighted by Crippen LogP contribution is 2.10. The summed E-state index contributed by atoms with van der Waals surface area (Å²) < 4.78 is 15.8. The molecule has 0 bridgehead atoms. The number of alkyl halides is 1. The first kappa shape index (κ1) is 24.6. The zero-order chi connectivity index (χ0) is 22.6. The maximum absolute atomic E-state index is 12.4. The third-order valence-electron chi connectivity index (χ3n) is 4.42. The smallest absolute Gasteiger partial charge is 0.408 e. The molecule has 0 spiro atoms. The molecule has 8 heteroatoms. The topological polar surface area (TPSA) is 90.9 Å². The number of halogens is 1. The van der Waals surface area contributed by atoms with Crippen molar-refractivity contribution in [3.63, 3.8) is 0 Å². The Morgan fingerprint density at radius 2 is 1.58 bits per heavy atom. The first-order chi connectivity index (χ1) is 14.9. The van der Waals surface area contributed by atoms with Gasteiger partial charge in [-0.3, -0.25) is 0 Å². The van der Waals surface area contributed by atoms with Gasteiger partial charge in [-0.15, -0.1) is 0 Å². The average molecular weight is 539 g/mol. The fourth-order valence-electron chi connectivity index (χ4n) is 2.69. The molecular formula is C23H26INO6. The summed E-state index contributed by atoms with van der Waals surface area (Å²) in [6.07, 6.45) is -0.190. The minimum atomic E-state index is -0.811. The predicted octanol–water partition coefficient (Wildman–Crippen LogP) is 4.27. The van der Waals surface area contributed by atoms with Crippen molar-refractivity contribution in [3.05, 3.63) is 71.3 Å². The van der Waals surface area contributed by atoms with Gasteiger partial charge < -0.3 is 19.5 Å². The second kappa shape index (κ2) is 12.9. The molecule has 0 aliphatic rings. The van der Waals surface area contributed by atoms with E-state index in [1.54, 1.807) is 24.3 Å². The number of carbonyl (C=O) groups is 3. The van der Waals surface area contributed by atoms with Crippen molar-refractivity contribution in [2.75, 3.05) is 11.2 Å². The highest BCUT2D eigenvalue weighted by Gasteiger charge is 2.26. The molecule has 0 fully saturated rings. The highest BCUT2D eigenvalue weighted by molar-refractivity contribution is 14.1. The highest BCUT2D eigenvalue weighted by atomic mass is 127. The standard InChI is InChI=1S/C23H26INO6/c1-16(2)20(25-23(28)30-14-18-6-4-3-5-7-18)22(27)29-13-12-17-8-10-19(11-9-17)21(26)31-15-24/h3-11,16,20H,12-15H2,1-2H3,(H,25,28)/t20-/m0/s1. The van der Waals surface area contributed by atoms with E-state index in [2.05, 4.69) is 5.32 Å². The molecule has 0 aromatic heterocycles. The van der Waals surface area contributed by atoms with Crippen LogP contribution in [0.25, 0.3) is 0 Å². The molecule has 0 saturated carbocycles. The quantitative estimate of drug-likeness (QED) is 0.210. The van der Waals surface area contributed by atoms with Gasteiger partial charge in [-0.05, 0) is 51.8 Å². The molecule has 31 heavy (non-hydrogen) atoms. The van der Waals surface area contributed by atoms with Gasteiger partial charge in [0.2, 0.25) is 0 Å². The molecule has 2 rings (SSSR count). The molecule has 2 aromatic rings. The zero-order valence-electron chi connectivity index (χ0n) is 17.5. The second-order valence-electron chi connectivity index (χ2n) is 7.08. The predicted molar refractivity (Wildman–Crippen MR) is 124 cm³/mol. The van der Waals surface area contributed by atoms with Gasteiger partial charge in [0.15, 0.2) is 0 Å². The molecule has 2 aromatic carbocycles. The van der Waals surface area contributed by atoms with Crippen molar-refractivity contribution in [3.8, 4) is 0 Å². The molecule has 0 heterocycles. The van der Waals surface area contributed by atoms with Gasteiger partial charge in [-0.2, -0.15) is 0 Å². The van der Waals surface area contributed by atoms with Crippen molar-refractivity contribution >= 4 is 40.6 Å². The number of ether oxygens (including phenoxy) is 3. The summed E-state index contributed by atoms with van der Waals surface area (Å²) in [7, 11) is 0. The lowest BCUT2D eigenvalue weighted by Crippen LogP contribution is -2.45. The molecule has 0 unspecified atom stereocenters. The summed E-state index contributed by atoms with van der Waals surface area (Å²) in [6, 6.07) is 15.4. The van der Waals surface area contributed by atoms with E-state index < -0.39 is 18.1 Å². The number of alkyl carbamates (subject to hydrolysis) is 1. The molecule has 0 aliphatic heterocycles. The Balaban J connectivity index is 1.79. The maximum Gasteiger partial charge on any atom is 0.408 e. The second-order valence-corrected chi connectivity index (χ2v) is 7.71. The van der Waals surface area contributed by atoms with Crippen molar-refractivity contribution in [2.45, 2.75) is 32.9 Å². The Kier molecular flexibility index (Phi) is 10.3. The van der Waals surface area contributed by atoms with Crippen LogP contribution in [-0.2, 0) is 32.0 Å². The van der Waals surface area contributed by atoms with Crippen molar-refractivity contribution in [2.24, 2.45) is 5.92 Å². The van der Waals surface area contributed by atoms with Crippen LogP contribution in [0.2, 0.25) is 0 Å². The SMILES string of the molecule is CC(C)[C@H](NC(=O)OCc1ccccc1)C(=O)OCCc1ccc(C(=O)OCI)cc1. The minimum Gasteiger partial charge on any atom is -0.464 e. The third kappa shape index (κ3) is 8.56. The van der Waals surface area contributed by atoms with Gasteiger partial charge in [0, 0.05) is 6.42 Å². The lowest BCUT2D eigenvalue weighted by atomic mass is 10.1. The molecule has 0 radical (unpaired) electrons. The van der Waals surface area contributed by atoms with Gasteiger partial charge in [-0.25, -0.2) is 14.4 Å². The van der Waals surface area contributed by atoms with Crippen LogP contribution in [-0.4, -0.2) is 35.3 Å². The van der Waals surface area contributed by atoms with Crippen LogP contribution < -0.4 is 5.32 Å². The summed E-state index contributed by atoms with van der Waals surface area (Å²) in [6.45, 7) is 3.90. The molecular weight excluding hydrogens is 513 g/mol. The first-order valence-electron chi connectivity index (χ1n) is 9.86. The van der Waals surface area contributed by atoms with Crippen LogP contribution in [0, 0.1) is 5.92 Å². The number of rotatable bonds is 10. The largest absolute Gasteiger partial charge is 0.464 e. The summed E-state index contributed by atoms with van der Waals surface area (Å²) in [5, 5.41) is 2.58. The number of carbonyl (C=O) groups excluding carboxylic acids is 3. The number of amides is 1. The van der Waals surface area contributed by atoms with E-state index in [9.17, 15) is 14.4 Å². The molecule has 1 amide bonds. The van der Waals surface area contributed by atoms with Gasteiger partial charge in [0.1, 0.15) is 17.3 Å². The Hall–Kier alpha value is -2.62. The normalized spacial score (nSPS) is 11.5. The van der Waals surface area contributed by atoms with E-state index in [0.29, 0.717) is 16.6 Å². The first-order valence-corrected chi connectivity index (χ1v) is 11.4. The van der Waals surface area contributed by atoms with Crippen molar-refractivity contribution < 1.29 is 28.6 Å². The van der Waals surface area contributed by atoms with E-state index in [4.69, 9.17) is 14.2 Å². The zero-order valence-corrected chi connectivity index (χ0v) is 19.7. The summed E-state index contributed by atoms with van der Waals surface area (Å²) in [5.41, 5.74) is 2.24. The minimum absolute atomic E-state index is 0.119. The maximum atomic E-state index is 12.4. The third-order valence-corrected chi connectivity index (χ3v) is 4.73. The molecule has 1 N–H and O–H groups in total. The Morgan fingerprint density at radius 1 is 0.903 bits per heavy atom. The summed E-state index contributed by atoms with van der Waals surface area (Å²) >= 11 is 1.96. The van der Waals surface area contributed by atoms with E-state index in [-0.39, 0.29) is 25.1 Å². The van der Waals surface area contributed by atoms with Crippen LogP contribution >= 0.6 is 22.6 Å². The van der Waals surface area contributed by atoms with E-state index >= 15 is 0 Å². The number of nitrogens with one attached hydrogen (secondary N) is 1. The Labute approximate surface area is 195 Å². The van der Waals surface area contributed by atoms with Crippen molar-refractivity contribution in [1.29, 1.82) is 0 Å². The van der Waals surface area contributed by atoms with Crippen LogP contribution in [0.4, 0.5) is 4.79 Å². The molecule has 7 nitrogen and oxygen atoms in total. The van der Waals surface area contributed by atoms with Crippen LogP contribution in [0.1, 0.15) is 35.3 Å². The lowest BCUT2D eigenvalue weighted by Gasteiger charge is -2.20. The molecule has 0 saturated heterocycles. The van der Waals surface area contributed by atoms with E-state index in [1.165, 1.54) is 0 Å². The van der Waals surface area contributed by atoms with Gasteiger partial charge in [0.05, 0.1) is 12.2 Å². The van der Waals surface area contributed by atoms with Crippen LogP contribution in [0.5, 0.6) is 0 Å². The number of esters is 2. The lowest BCUT2D eigenvalue weighted by molar-refractivity contribution is -0.147. The van der Waals surface area contributed by atoms with Crippen molar-refractivity contribution in [1.82, 2.24) is 5.32 Å². The average Bonchev–Trinajstić information content (AvgIpc) is 2.77. The van der Waals surface area contributed by atoms with Gasteiger partial charge in [0.25, 0.3) is 0 Å². The summed E-state index contributed by atoms with van der Waals surface area (Å²) in [5.74, 6) is -1.06. The number of hydrogen-bond donors (Lipinski definition) is 1. The van der Waals surface area contributed by atoms with Gasteiger partial charge >= 0.3 is 18.0 Å².